The molecule has 1 N–H and O–H groups in total. The van der Waals surface area contributed by atoms with E-state index < -0.39 is 22.2 Å². The van der Waals surface area contributed by atoms with E-state index in [4.69, 9.17) is 4.74 Å². The van der Waals surface area contributed by atoms with Crippen molar-refractivity contribution < 1.29 is 22.7 Å². The number of nitriles is 1. The number of hydrogen-bond acceptors (Lipinski definition) is 6. The number of ether oxygens (including phenoxy) is 1. The summed E-state index contributed by atoms with van der Waals surface area (Å²) in [6.07, 6.45) is -0.690. The first kappa shape index (κ1) is 25.2. The van der Waals surface area contributed by atoms with Crippen molar-refractivity contribution in [3.63, 3.8) is 0 Å². The number of nitrogens with one attached hydrogen (secondary N) is 1. The van der Waals surface area contributed by atoms with E-state index in [1.807, 2.05) is 50.2 Å². The van der Waals surface area contributed by atoms with Crippen LogP contribution in [0.25, 0.3) is 0 Å². The van der Waals surface area contributed by atoms with Gasteiger partial charge in [0, 0.05) is 26.2 Å². The fraction of sp³-hybridized carbons (Fsp3) is 0.375. The quantitative estimate of drug-likeness (QED) is 0.644. The predicted molar refractivity (Wildman–Crippen MR) is 125 cm³/mol. The van der Waals surface area contributed by atoms with Crippen LogP contribution in [0.2, 0.25) is 0 Å². The van der Waals surface area contributed by atoms with Gasteiger partial charge in [0.1, 0.15) is 18.7 Å². The van der Waals surface area contributed by atoms with Crippen molar-refractivity contribution in [1.82, 2.24) is 14.5 Å². The lowest BCUT2D eigenvalue weighted by Gasteiger charge is -2.36. The van der Waals surface area contributed by atoms with Crippen LogP contribution in [-0.2, 0) is 26.2 Å². The molecule has 0 bridgehead atoms. The molecule has 0 spiro atoms. The minimum Gasteiger partial charge on any atom is -0.445 e. The largest absolute Gasteiger partial charge is 0.445 e. The van der Waals surface area contributed by atoms with Gasteiger partial charge in [-0.2, -0.15) is 9.57 Å². The fourth-order valence-corrected chi connectivity index (χ4v) is 5.24. The highest BCUT2D eigenvalue weighted by Crippen LogP contribution is 2.21. The first-order chi connectivity index (χ1) is 16.2. The van der Waals surface area contributed by atoms with E-state index in [1.54, 1.807) is 17.0 Å². The molecule has 0 radical (unpaired) electrons. The number of amides is 2. The lowest BCUT2D eigenvalue weighted by Crippen LogP contribution is -2.57. The Balaban J connectivity index is 1.60. The summed E-state index contributed by atoms with van der Waals surface area (Å²) < 4.78 is 32.6. The van der Waals surface area contributed by atoms with Crippen LogP contribution in [0.1, 0.15) is 25.0 Å². The summed E-state index contributed by atoms with van der Waals surface area (Å²) in [7, 11) is -3.86. The Bertz CT molecular complexity index is 1150. The summed E-state index contributed by atoms with van der Waals surface area (Å²) in [6, 6.07) is 16.4. The molecule has 1 fully saturated rings. The van der Waals surface area contributed by atoms with Gasteiger partial charge in [-0.1, -0.05) is 56.3 Å². The molecular formula is C24H28N4O5S. The fourth-order valence-electron chi connectivity index (χ4n) is 3.67. The van der Waals surface area contributed by atoms with Crippen molar-refractivity contribution >= 4 is 22.0 Å². The monoisotopic (exact) mass is 484 g/mol. The van der Waals surface area contributed by atoms with Gasteiger partial charge in [-0.25, -0.2) is 13.2 Å². The number of hydrogen-bond donors (Lipinski definition) is 1. The summed E-state index contributed by atoms with van der Waals surface area (Å²) in [5, 5.41) is 11.9. The number of rotatable bonds is 7. The number of carbonyl (C=O) groups is 2. The first-order valence-electron chi connectivity index (χ1n) is 11.0. The van der Waals surface area contributed by atoms with Gasteiger partial charge < -0.3 is 15.0 Å². The molecule has 180 valence electrons. The predicted octanol–water partition coefficient (Wildman–Crippen LogP) is 2.34. The lowest BCUT2D eigenvalue weighted by molar-refractivity contribution is -0.135. The van der Waals surface area contributed by atoms with Crippen molar-refractivity contribution in [2.24, 2.45) is 5.92 Å². The average molecular weight is 485 g/mol. The molecule has 0 aliphatic carbocycles. The van der Waals surface area contributed by atoms with Gasteiger partial charge in [0.15, 0.2) is 0 Å². The minimum absolute atomic E-state index is 0.0415. The van der Waals surface area contributed by atoms with Gasteiger partial charge in [-0.15, -0.1) is 0 Å². The summed E-state index contributed by atoms with van der Waals surface area (Å²) >= 11 is 0. The highest BCUT2D eigenvalue weighted by molar-refractivity contribution is 7.89. The number of benzene rings is 2. The summed E-state index contributed by atoms with van der Waals surface area (Å²) in [6.45, 7) is 4.27. The second-order valence-electron chi connectivity index (χ2n) is 8.27. The number of carbonyl (C=O) groups excluding carboxylic acids is 2. The van der Waals surface area contributed by atoms with Gasteiger partial charge >= 0.3 is 6.09 Å². The van der Waals surface area contributed by atoms with Gasteiger partial charge in [0.05, 0.1) is 10.5 Å². The second-order valence-corrected chi connectivity index (χ2v) is 10.2. The van der Waals surface area contributed by atoms with E-state index in [0.717, 1.165) is 5.56 Å². The van der Waals surface area contributed by atoms with Crippen molar-refractivity contribution in [3.05, 3.63) is 65.7 Å². The Morgan fingerprint density at radius 2 is 1.65 bits per heavy atom. The highest BCUT2D eigenvalue weighted by Gasteiger charge is 2.35. The molecular weight excluding hydrogens is 456 g/mol. The van der Waals surface area contributed by atoms with Gasteiger partial charge in [0.2, 0.25) is 15.9 Å². The molecule has 1 aliphatic rings. The molecule has 1 heterocycles. The third-order valence-electron chi connectivity index (χ3n) is 5.59. The molecule has 1 aliphatic heterocycles. The van der Waals surface area contributed by atoms with Crippen LogP contribution in [0.15, 0.2) is 59.5 Å². The third kappa shape index (κ3) is 5.92. The van der Waals surface area contributed by atoms with E-state index in [9.17, 15) is 23.3 Å². The molecule has 10 heteroatoms. The summed E-state index contributed by atoms with van der Waals surface area (Å²) in [4.78, 5) is 26.9. The molecule has 1 saturated heterocycles. The normalized spacial score (nSPS) is 15.4. The van der Waals surface area contributed by atoms with E-state index in [0.29, 0.717) is 0 Å². The standard InChI is InChI=1S/C24H28N4O5S/c1-18(2)22(26-24(30)33-17-19-8-4-3-5-9-19)23(29)27-12-14-28(15-13-27)34(31,32)21-11-7-6-10-20(21)16-25/h3-11,18,22H,12-15,17H2,1-2H3,(H,26,30)/t22-/m0/s1. The molecule has 0 saturated carbocycles. The second kappa shape index (κ2) is 11.1. The number of nitrogens with zero attached hydrogens (tertiary/aromatic N) is 3. The van der Waals surface area contributed by atoms with Crippen LogP contribution in [0.3, 0.4) is 0 Å². The Labute approximate surface area is 200 Å². The highest BCUT2D eigenvalue weighted by atomic mass is 32.2. The SMILES string of the molecule is CC(C)[C@H](NC(=O)OCc1ccccc1)C(=O)N1CCN(S(=O)(=O)c2ccccc2C#N)CC1. The smallest absolute Gasteiger partial charge is 0.408 e. The molecule has 34 heavy (non-hydrogen) atoms. The zero-order valence-electron chi connectivity index (χ0n) is 19.2. The van der Waals surface area contributed by atoms with Crippen molar-refractivity contribution in [2.75, 3.05) is 26.2 Å². The number of piperazine rings is 1. The maximum Gasteiger partial charge on any atom is 0.408 e. The van der Waals surface area contributed by atoms with Gasteiger partial charge in [-0.3, -0.25) is 4.79 Å². The molecule has 0 unspecified atom stereocenters. The van der Waals surface area contributed by atoms with Gasteiger partial charge in [0.25, 0.3) is 0 Å². The molecule has 2 amide bonds. The van der Waals surface area contributed by atoms with Crippen molar-refractivity contribution in [2.45, 2.75) is 31.4 Å². The maximum absolute atomic E-state index is 13.1. The van der Waals surface area contributed by atoms with Gasteiger partial charge in [-0.05, 0) is 23.6 Å². The Morgan fingerprint density at radius 3 is 2.26 bits per heavy atom. The van der Waals surface area contributed by atoms with Crippen LogP contribution in [0.5, 0.6) is 0 Å². The molecule has 2 aromatic rings. The molecule has 9 nitrogen and oxygen atoms in total. The van der Waals surface area contributed by atoms with E-state index in [1.165, 1.54) is 16.4 Å². The molecule has 1 atom stereocenters. The summed E-state index contributed by atoms with van der Waals surface area (Å²) in [5.74, 6) is -0.484. The van der Waals surface area contributed by atoms with Crippen LogP contribution in [-0.4, -0.2) is 61.8 Å². The maximum atomic E-state index is 13.1. The van der Waals surface area contributed by atoms with Crippen molar-refractivity contribution in [1.29, 1.82) is 5.26 Å². The first-order valence-corrected chi connectivity index (χ1v) is 12.4. The van der Waals surface area contributed by atoms with Crippen LogP contribution in [0.4, 0.5) is 4.79 Å². The molecule has 0 aromatic heterocycles. The van der Waals surface area contributed by atoms with E-state index in [-0.39, 0.29) is 55.1 Å². The number of alkyl carbamates (subject to hydrolysis) is 1. The third-order valence-corrected chi connectivity index (χ3v) is 7.55. The van der Waals surface area contributed by atoms with Crippen LogP contribution < -0.4 is 5.32 Å². The lowest BCUT2D eigenvalue weighted by atomic mass is 10.0. The minimum atomic E-state index is -3.86. The Kier molecular flexibility index (Phi) is 8.26. The zero-order chi connectivity index (χ0) is 24.7. The topological polar surface area (TPSA) is 120 Å². The van der Waals surface area contributed by atoms with E-state index >= 15 is 0 Å². The number of sulfonamides is 1. The Morgan fingerprint density at radius 1 is 1.03 bits per heavy atom. The van der Waals surface area contributed by atoms with Crippen LogP contribution >= 0.6 is 0 Å². The Hall–Kier alpha value is -3.42. The molecule has 2 aromatic carbocycles. The van der Waals surface area contributed by atoms with Crippen LogP contribution in [0, 0.1) is 17.2 Å². The zero-order valence-corrected chi connectivity index (χ0v) is 20.0. The van der Waals surface area contributed by atoms with Crippen molar-refractivity contribution in [3.8, 4) is 6.07 Å². The molecule has 3 rings (SSSR count). The van der Waals surface area contributed by atoms with E-state index in [2.05, 4.69) is 5.32 Å². The summed E-state index contributed by atoms with van der Waals surface area (Å²) in [5.41, 5.74) is 0.916. The average Bonchev–Trinajstić information content (AvgIpc) is 2.86.